The van der Waals surface area contributed by atoms with Crippen molar-refractivity contribution < 1.29 is 13.2 Å². The highest BCUT2D eigenvalue weighted by Gasteiger charge is 2.20. The summed E-state index contributed by atoms with van der Waals surface area (Å²) in [5.74, 6) is -1.04. The lowest BCUT2D eigenvalue weighted by atomic mass is 10.2. The van der Waals surface area contributed by atoms with Crippen LogP contribution in [0, 0.1) is 6.92 Å². The highest BCUT2D eigenvalue weighted by atomic mass is 35.5. The Bertz CT molecular complexity index is 1100. The Hall–Kier alpha value is -1.74. The first-order valence-electron chi connectivity index (χ1n) is 7.32. The molecule has 0 aliphatic carbocycles. The molecule has 0 aliphatic heterocycles. The number of benzene rings is 1. The number of aromatic nitrogens is 3. The average molecular weight is 430 g/mol. The number of nitrogens with zero attached hydrogens (tertiary/aromatic N) is 3. The van der Waals surface area contributed by atoms with Crippen LogP contribution in [0.25, 0.3) is 16.4 Å². The molecule has 136 valence electrons. The van der Waals surface area contributed by atoms with Crippen LogP contribution in [-0.2, 0) is 9.84 Å². The van der Waals surface area contributed by atoms with Crippen LogP contribution in [0.3, 0.4) is 0 Å². The Balaban J connectivity index is 1.93. The number of carbonyl (C=O) groups excluding carboxylic acids is 1. The number of ketones is 1. The zero-order chi connectivity index (χ0) is 19.1. The fourth-order valence-corrected chi connectivity index (χ4v) is 4.11. The Morgan fingerprint density at radius 2 is 2.00 bits per heavy atom. The second-order valence-corrected chi connectivity index (χ2v) is 9.48. The number of Topliss-reactive ketones (excluding diaryl/α,β-unsaturated/α-hetero) is 1. The molecule has 0 atom stereocenters. The van der Waals surface area contributed by atoms with Crippen LogP contribution in [0.2, 0.25) is 10.0 Å². The predicted molar refractivity (Wildman–Crippen MR) is 103 cm³/mol. The van der Waals surface area contributed by atoms with Crippen molar-refractivity contribution in [2.24, 2.45) is 0 Å². The summed E-state index contributed by atoms with van der Waals surface area (Å²) in [5, 5.41) is 7.47. The van der Waals surface area contributed by atoms with Gasteiger partial charge in [-0.1, -0.05) is 29.3 Å². The maximum Gasteiger partial charge on any atom is 0.211 e. The zero-order valence-electron chi connectivity index (χ0n) is 13.7. The normalized spacial score (nSPS) is 11.7. The molecule has 0 saturated carbocycles. The van der Waals surface area contributed by atoms with Crippen LogP contribution < -0.4 is 0 Å². The molecular formula is C16H13Cl2N3O3S2. The second-order valence-electron chi connectivity index (χ2n) is 5.69. The fourth-order valence-electron chi connectivity index (χ4n) is 2.34. The van der Waals surface area contributed by atoms with Gasteiger partial charge in [0.1, 0.15) is 5.75 Å². The van der Waals surface area contributed by atoms with Crippen LogP contribution >= 0.6 is 34.5 Å². The lowest BCUT2D eigenvalue weighted by Gasteiger charge is -2.02. The molecule has 3 aromatic rings. The zero-order valence-corrected chi connectivity index (χ0v) is 16.9. The first-order chi connectivity index (χ1) is 12.2. The molecule has 2 aromatic heterocycles. The van der Waals surface area contributed by atoms with Gasteiger partial charge in [0.2, 0.25) is 5.13 Å². The summed E-state index contributed by atoms with van der Waals surface area (Å²) in [6, 6.07) is 5.23. The van der Waals surface area contributed by atoms with E-state index in [9.17, 15) is 13.2 Å². The van der Waals surface area contributed by atoms with Crippen molar-refractivity contribution in [1.82, 2.24) is 14.8 Å². The first kappa shape index (κ1) is 19.0. The number of hydrogen-bond acceptors (Lipinski definition) is 6. The van der Waals surface area contributed by atoms with Crippen LogP contribution in [-0.4, -0.2) is 41.0 Å². The van der Waals surface area contributed by atoms with E-state index in [1.165, 1.54) is 22.2 Å². The number of sulfone groups is 1. The van der Waals surface area contributed by atoms with E-state index in [1.54, 1.807) is 19.1 Å². The van der Waals surface area contributed by atoms with E-state index in [0.717, 1.165) is 11.8 Å². The van der Waals surface area contributed by atoms with Crippen molar-refractivity contribution in [1.29, 1.82) is 0 Å². The molecule has 0 N–H and O–H groups in total. The Kier molecular flexibility index (Phi) is 5.21. The van der Waals surface area contributed by atoms with E-state index >= 15 is 0 Å². The number of hydrogen-bond donors (Lipinski definition) is 0. The molecule has 0 bridgehead atoms. The molecule has 0 fully saturated rings. The van der Waals surface area contributed by atoms with Crippen molar-refractivity contribution in [3.63, 3.8) is 0 Å². The van der Waals surface area contributed by atoms with Crippen LogP contribution in [0.4, 0.5) is 0 Å². The summed E-state index contributed by atoms with van der Waals surface area (Å²) in [5.41, 5.74) is 2.30. The maximum atomic E-state index is 12.1. The van der Waals surface area contributed by atoms with Gasteiger partial charge in [-0.3, -0.25) is 4.79 Å². The Morgan fingerprint density at radius 3 is 2.65 bits per heavy atom. The summed E-state index contributed by atoms with van der Waals surface area (Å²) < 4.78 is 24.2. The summed E-state index contributed by atoms with van der Waals surface area (Å²) in [6.45, 7) is 1.70. The van der Waals surface area contributed by atoms with Gasteiger partial charge < -0.3 is 0 Å². The SMILES string of the molecule is Cc1c(C(=O)CS(C)(=O)=O)cnn1-c1nc(-c2ccc(Cl)c(Cl)c2)cs1. The Labute approximate surface area is 164 Å². The number of rotatable bonds is 5. The standard InChI is InChI=1S/C16H13Cl2N3O3S2/c1-9-11(15(22)8-26(2,23)24)6-19-21(9)16-20-14(7-25-16)10-3-4-12(17)13(18)5-10/h3-7H,8H2,1-2H3. The molecule has 2 heterocycles. The number of carbonyl (C=O) groups is 1. The smallest absolute Gasteiger partial charge is 0.211 e. The van der Waals surface area contributed by atoms with Crippen LogP contribution in [0.5, 0.6) is 0 Å². The molecule has 0 radical (unpaired) electrons. The van der Waals surface area contributed by atoms with E-state index in [1.807, 2.05) is 11.4 Å². The second kappa shape index (κ2) is 7.11. The molecule has 6 nitrogen and oxygen atoms in total. The van der Waals surface area contributed by atoms with E-state index in [2.05, 4.69) is 10.1 Å². The summed E-state index contributed by atoms with van der Waals surface area (Å²) in [7, 11) is -3.41. The average Bonchev–Trinajstić information content (AvgIpc) is 3.15. The quantitative estimate of drug-likeness (QED) is 0.575. The van der Waals surface area contributed by atoms with E-state index in [-0.39, 0.29) is 5.56 Å². The first-order valence-corrected chi connectivity index (χ1v) is 11.0. The van der Waals surface area contributed by atoms with Gasteiger partial charge in [0.25, 0.3) is 0 Å². The molecule has 0 aliphatic rings. The minimum absolute atomic E-state index is 0.265. The van der Waals surface area contributed by atoms with E-state index in [0.29, 0.717) is 26.6 Å². The van der Waals surface area contributed by atoms with E-state index < -0.39 is 21.4 Å². The highest BCUT2D eigenvalue weighted by molar-refractivity contribution is 7.91. The summed E-state index contributed by atoms with van der Waals surface area (Å²) >= 11 is 13.3. The lowest BCUT2D eigenvalue weighted by molar-refractivity contribution is 0.102. The topological polar surface area (TPSA) is 81.9 Å². The van der Waals surface area contributed by atoms with E-state index in [4.69, 9.17) is 23.2 Å². The fraction of sp³-hybridized carbons (Fsp3) is 0.188. The minimum atomic E-state index is -3.41. The molecular weight excluding hydrogens is 417 g/mol. The van der Waals surface area contributed by atoms with Gasteiger partial charge in [-0.05, 0) is 19.1 Å². The van der Waals surface area contributed by atoms with Gasteiger partial charge in [-0.25, -0.2) is 18.1 Å². The summed E-state index contributed by atoms with van der Waals surface area (Å²) in [4.78, 5) is 16.7. The van der Waals surface area contributed by atoms with Crippen LogP contribution in [0.1, 0.15) is 16.1 Å². The van der Waals surface area contributed by atoms with Gasteiger partial charge in [-0.2, -0.15) is 5.10 Å². The molecule has 3 rings (SSSR count). The molecule has 0 amide bonds. The third-order valence-electron chi connectivity index (χ3n) is 3.59. The van der Waals surface area contributed by atoms with Gasteiger partial charge in [-0.15, -0.1) is 11.3 Å². The molecule has 26 heavy (non-hydrogen) atoms. The van der Waals surface area contributed by atoms with Gasteiger partial charge in [0.05, 0.1) is 33.2 Å². The number of thiazole rings is 1. The van der Waals surface area contributed by atoms with Crippen LogP contribution in [0.15, 0.2) is 29.8 Å². The molecule has 0 spiro atoms. The Morgan fingerprint density at radius 1 is 1.27 bits per heavy atom. The van der Waals surface area contributed by atoms with Crippen molar-refractivity contribution in [2.45, 2.75) is 6.92 Å². The maximum absolute atomic E-state index is 12.1. The number of halogens is 2. The minimum Gasteiger partial charge on any atom is -0.293 e. The lowest BCUT2D eigenvalue weighted by Crippen LogP contribution is -2.15. The largest absolute Gasteiger partial charge is 0.293 e. The van der Waals surface area contributed by atoms with Crippen molar-refractivity contribution in [2.75, 3.05) is 12.0 Å². The van der Waals surface area contributed by atoms with Crippen molar-refractivity contribution >= 4 is 50.2 Å². The third kappa shape index (κ3) is 3.98. The molecule has 0 saturated heterocycles. The molecule has 0 unspecified atom stereocenters. The van der Waals surface area contributed by atoms with Gasteiger partial charge in [0.15, 0.2) is 15.6 Å². The molecule has 10 heteroatoms. The van der Waals surface area contributed by atoms with Gasteiger partial charge >= 0.3 is 0 Å². The highest BCUT2D eigenvalue weighted by Crippen LogP contribution is 2.30. The van der Waals surface area contributed by atoms with Crippen molar-refractivity contribution in [3.05, 3.63) is 51.1 Å². The molecule has 1 aromatic carbocycles. The summed E-state index contributed by atoms with van der Waals surface area (Å²) in [6.07, 6.45) is 2.39. The van der Waals surface area contributed by atoms with Crippen molar-refractivity contribution in [3.8, 4) is 16.4 Å². The monoisotopic (exact) mass is 429 g/mol. The third-order valence-corrected chi connectivity index (χ3v) is 5.93. The predicted octanol–water partition coefficient (Wildman–Crippen LogP) is 3.84. The van der Waals surface area contributed by atoms with Gasteiger partial charge in [0, 0.05) is 17.2 Å².